The molecule has 0 radical (unpaired) electrons. The number of hydrogen-bond donors (Lipinski definition) is 0. The Balaban J connectivity index is 2.05. The summed E-state index contributed by atoms with van der Waals surface area (Å²) in [6.45, 7) is 4.58. The van der Waals surface area contributed by atoms with Crippen molar-refractivity contribution in [3.63, 3.8) is 0 Å². The number of ether oxygens (including phenoxy) is 2. The van der Waals surface area contributed by atoms with Gasteiger partial charge in [0.15, 0.2) is 9.76 Å². The molecular weight excluding hydrogens is 275 g/mol. The number of halogens is 1. The first-order valence-electron chi connectivity index (χ1n) is 7.35. The molecule has 0 amide bonds. The van der Waals surface area contributed by atoms with Gasteiger partial charge in [-0.05, 0) is 50.4 Å². The normalized spacial score (nSPS) is 11.8. The van der Waals surface area contributed by atoms with E-state index in [0.29, 0.717) is 13.2 Å². The predicted octanol–water partition coefficient (Wildman–Crippen LogP) is 3.02. The van der Waals surface area contributed by atoms with Gasteiger partial charge in [-0.1, -0.05) is 18.6 Å². The largest absolute Gasteiger partial charge is 0.379 e. The van der Waals surface area contributed by atoms with Gasteiger partial charge >= 0.3 is 0 Å². The van der Waals surface area contributed by atoms with Crippen LogP contribution in [0.25, 0.3) is 0 Å². The molecule has 0 unspecified atom stereocenters. The maximum Gasteiger partial charge on any atom is 0.261 e. The fraction of sp³-hybridized carbons (Fsp3) is 0.600. The van der Waals surface area contributed by atoms with Crippen molar-refractivity contribution in [3.8, 4) is 0 Å². The molecule has 0 fully saturated rings. The van der Waals surface area contributed by atoms with E-state index in [-0.39, 0.29) is 5.82 Å². The second-order valence-corrected chi connectivity index (χ2v) is 5.96. The second kappa shape index (κ2) is 11.0. The minimum atomic E-state index is -0.593. The lowest BCUT2D eigenvalue weighted by molar-refractivity contribution is -0.243. The summed E-state index contributed by atoms with van der Waals surface area (Å²) >= 11 is 0. The fourth-order valence-electron chi connectivity index (χ4n) is 1.86. The third-order valence-electron chi connectivity index (χ3n) is 2.88. The van der Waals surface area contributed by atoms with Crippen LogP contribution < -0.4 is 0 Å². The fourth-order valence-corrected chi connectivity index (χ4v) is 2.96. The summed E-state index contributed by atoms with van der Waals surface area (Å²) in [5.74, 6) is -0.174. The van der Waals surface area contributed by atoms with E-state index in [9.17, 15) is 4.39 Å². The van der Waals surface area contributed by atoms with Crippen molar-refractivity contribution in [2.24, 2.45) is 0 Å². The lowest BCUT2D eigenvalue weighted by Gasteiger charge is -2.17. The molecule has 0 N–H and O–H groups in total. The quantitative estimate of drug-likeness (QED) is 0.357. The zero-order chi connectivity index (χ0) is 14.6. The third kappa shape index (κ3) is 7.74. The van der Waals surface area contributed by atoms with E-state index < -0.39 is 16.2 Å². The molecule has 1 aromatic carbocycles. The van der Waals surface area contributed by atoms with Crippen LogP contribution in [0.1, 0.15) is 32.3 Å². The first-order valence-corrected chi connectivity index (χ1v) is 8.93. The minimum Gasteiger partial charge on any atom is -0.379 e. The van der Waals surface area contributed by atoms with Crippen LogP contribution in [0.3, 0.4) is 0 Å². The summed E-state index contributed by atoms with van der Waals surface area (Å²) < 4.78 is 29.0. The number of rotatable bonds is 11. The van der Waals surface area contributed by atoms with Crippen molar-refractivity contribution >= 4 is 9.76 Å². The summed E-state index contributed by atoms with van der Waals surface area (Å²) in [5.41, 5.74) is 1.19. The number of hydrogen-bond acceptors (Lipinski definition) is 3. The molecule has 114 valence electrons. The summed E-state index contributed by atoms with van der Waals surface area (Å²) in [7, 11) is -0.593. The molecule has 0 bridgehead atoms. The first kappa shape index (κ1) is 17.3. The molecular formula is C15H25FO3Si. The number of benzene rings is 1. The van der Waals surface area contributed by atoms with Gasteiger partial charge in [-0.3, -0.25) is 0 Å². The van der Waals surface area contributed by atoms with E-state index in [4.69, 9.17) is 13.9 Å². The Morgan fingerprint density at radius 1 is 1.05 bits per heavy atom. The Kier molecular flexibility index (Phi) is 9.49. The van der Waals surface area contributed by atoms with Gasteiger partial charge in [0.2, 0.25) is 0 Å². The number of unbranched alkanes of at least 4 members (excludes halogenated alkanes) is 1. The highest BCUT2D eigenvalue weighted by Crippen LogP contribution is 2.08. The van der Waals surface area contributed by atoms with Gasteiger partial charge in [0.05, 0.1) is 0 Å². The highest BCUT2D eigenvalue weighted by Gasteiger charge is 2.06. The van der Waals surface area contributed by atoms with Gasteiger partial charge in [0.1, 0.15) is 5.82 Å². The average Bonchev–Trinajstić information content (AvgIpc) is 2.45. The zero-order valence-corrected chi connectivity index (χ0v) is 13.9. The van der Waals surface area contributed by atoms with E-state index in [1.165, 1.54) is 17.7 Å². The van der Waals surface area contributed by atoms with E-state index in [2.05, 4.69) is 0 Å². The first-order chi connectivity index (χ1) is 9.76. The molecule has 3 nitrogen and oxygen atoms in total. The van der Waals surface area contributed by atoms with Crippen LogP contribution in [0, 0.1) is 5.82 Å². The highest BCUT2D eigenvalue weighted by atomic mass is 28.2. The van der Waals surface area contributed by atoms with E-state index in [0.717, 1.165) is 25.3 Å². The van der Waals surface area contributed by atoms with Crippen LogP contribution in [0.4, 0.5) is 4.39 Å². The van der Waals surface area contributed by atoms with Crippen molar-refractivity contribution in [2.75, 3.05) is 13.2 Å². The van der Waals surface area contributed by atoms with Gasteiger partial charge in [0.25, 0.3) is 6.48 Å². The third-order valence-corrected chi connectivity index (χ3v) is 4.18. The molecule has 0 spiro atoms. The van der Waals surface area contributed by atoms with Gasteiger partial charge in [-0.2, -0.15) is 0 Å². The molecule has 0 aliphatic carbocycles. The molecule has 0 saturated carbocycles. The van der Waals surface area contributed by atoms with Crippen LogP contribution in [0.5, 0.6) is 0 Å². The molecule has 0 aromatic heterocycles. The van der Waals surface area contributed by atoms with Crippen molar-refractivity contribution in [3.05, 3.63) is 35.6 Å². The number of aryl methyl sites for hydroxylation is 1. The maximum atomic E-state index is 12.7. The molecule has 5 heteroatoms. The summed E-state index contributed by atoms with van der Waals surface area (Å²) in [6, 6.07) is 7.84. The molecule has 0 saturated heterocycles. The lowest BCUT2D eigenvalue weighted by atomic mass is 10.1. The van der Waals surface area contributed by atoms with E-state index in [1.807, 2.05) is 26.0 Å². The van der Waals surface area contributed by atoms with Gasteiger partial charge in [-0.25, -0.2) is 4.39 Å². The summed E-state index contributed by atoms with van der Waals surface area (Å²) in [4.78, 5) is 0. The highest BCUT2D eigenvalue weighted by molar-refractivity contribution is 6.27. The summed E-state index contributed by atoms with van der Waals surface area (Å²) in [6.07, 6.45) is 3.24. The molecule has 0 atom stereocenters. The minimum absolute atomic E-state index is 0.174. The molecule has 1 aromatic rings. The van der Waals surface area contributed by atoms with Crippen LogP contribution in [0.2, 0.25) is 6.04 Å². The van der Waals surface area contributed by atoms with E-state index >= 15 is 0 Å². The smallest absolute Gasteiger partial charge is 0.261 e. The molecule has 20 heavy (non-hydrogen) atoms. The standard InChI is InChI=1S/C15H25FO3Si/c1-3-17-15(18-4-2)19-20-12-6-5-7-13-8-10-14(16)11-9-13/h8-11,15H,3-7,12,20H2,1-2H3. The van der Waals surface area contributed by atoms with Crippen molar-refractivity contribution in [2.45, 2.75) is 45.6 Å². The van der Waals surface area contributed by atoms with Crippen molar-refractivity contribution in [1.29, 1.82) is 0 Å². The Labute approximate surface area is 123 Å². The Bertz CT molecular complexity index is 339. The summed E-state index contributed by atoms with van der Waals surface area (Å²) in [5, 5.41) is 0. The SMILES string of the molecule is CCOC(OCC)O[SiH2]CCCCc1ccc(F)cc1. The molecule has 0 aliphatic heterocycles. The monoisotopic (exact) mass is 300 g/mol. The van der Waals surface area contributed by atoms with Gasteiger partial charge < -0.3 is 13.9 Å². The van der Waals surface area contributed by atoms with Crippen LogP contribution in [-0.2, 0) is 20.3 Å². The Morgan fingerprint density at radius 2 is 1.70 bits per heavy atom. The topological polar surface area (TPSA) is 27.7 Å². The van der Waals surface area contributed by atoms with Crippen LogP contribution in [-0.4, -0.2) is 29.5 Å². The van der Waals surface area contributed by atoms with Crippen LogP contribution in [0.15, 0.2) is 24.3 Å². The van der Waals surface area contributed by atoms with E-state index in [1.54, 1.807) is 0 Å². The maximum absolute atomic E-state index is 12.7. The lowest BCUT2D eigenvalue weighted by Crippen LogP contribution is -2.22. The Hall–Kier alpha value is -0.753. The van der Waals surface area contributed by atoms with Gasteiger partial charge in [-0.15, -0.1) is 0 Å². The van der Waals surface area contributed by atoms with Crippen molar-refractivity contribution < 1.29 is 18.3 Å². The zero-order valence-electron chi connectivity index (χ0n) is 12.4. The average molecular weight is 300 g/mol. The molecule has 1 rings (SSSR count). The van der Waals surface area contributed by atoms with Crippen LogP contribution >= 0.6 is 0 Å². The Morgan fingerprint density at radius 3 is 2.30 bits per heavy atom. The predicted molar refractivity (Wildman–Crippen MR) is 80.8 cm³/mol. The molecule has 0 heterocycles. The van der Waals surface area contributed by atoms with Gasteiger partial charge in [0, 0.05) is 13.2 Å². The second-order valence-electron chi connectivity index (χ2n) is 4.51. The molecule has 0 aliphatic rings. The van der Waals surface area contributed by atoms with Crippen molar-refractivity contribution in [1.82, 2.24) is 0 Å².